The van der Waals surface area contributed by atoms with Crippen molar-refractivity contribution in [2.45, 2.75) is 13.3 Å². The minimum absolute atomic E-state index is 0.0668. The van der Waals surface area contributed by atoms with Crippen LogP contribution in [0.3, 0.4) is 0 Å². The molecule has 1 N–H and O–H groups in total. The van der Waals surface area contributed by atoms with Gasteiger partial charge in [-0.25, -0.2) is 0 Å². The Balaban J connectivity index is 1.91. The van der Waals surface area contributed by atoms with Crippen LogP contribution in [-0.2, 0) is 6.42 Å². The second-order valence-corrected chi connectivity index (χ2v) is 5.16. The Morgan fingerprint density at radius 3 is 2.84 bits per heavy atom. The van der Waals surface area contributed by atoms with E-state index >= 15 is 0 Å². The lowest BCUT2D eigenvalue weighted by Gasteiger charge is -2.07. The van der Waals surface area contributed by atoms with Crippen LogP contribution in [0.15, 0.2) is 47.1 Å². The first kappa shape index (κ1) is 13.7. The number of benzene rings is 1. The van der Waals surface area contributed by atoms with Gasteiger partial charge >= 0.3 is 0 Å². The van der Waals surface area contributed by atoms with E-state index in [0.717, 1.165) is 22.2 Å². The fourth-order valence-electron chi connectivity index (χ4n) is 1.75. The summed E-state index contributed by atoms with van der Waals surface area (Å²) in [4.78, 5) is 16.2. The molecule has 0 radical (unpaired) electrons. The highest BCUT2D eigenvalue weighted by Gasteiger charge is 2.09. The molecule has 0 saturated heterocycles. The van der Waals surface area contributed by atoms with E-state index in [9.17, 15) is 4.79 Å². The number of aryl methyl sites for hydroxylation is 1. The lowest BCUT2D eigenvalue weighted by Crippen LogP contribution is -2.26. The van der Waals surface area contributed by atoms with Crippen molar-refractivity contribution >= 4 is 21.8 Å². The van der Waals surface area contributed by atoms with Crippen LogP contribution in [0.2, 0.25) is 0 Å². The minimum Gasteiger partial charge on any atom is -0.352 e. The van der Waals surface area contributed by atoms with E-state index in [4.69, 9.17) is 0 Å². The van der Waals surface area contributed by atoms with Crippen molar-refractivity contribution in [2.24, 2.45) is 0 Å². The molecule has 3 nitrogen and oxygen atoms in total. The summed E-state index contributed by atoms with van der Waals surface area (Å²) < 4.78 is 0.822. The van der Waals surface area contributed by atoms with Crippen LogP contribution in [0, 0.1) is 6.92 Å². The van der Waals surface area contributed by atoms with Crippen molar-refractivity contribution in [3.63, 3.8) is 0 Å². The van der Waals surface area contributed by atoms with Gasteiger partial charge in [0, 0.05) is 29.3 Å². The molecule has 0 aliphatic carbocycles. The molecule has 1 heterocycles. The highest BCUT2D eigenvalue weighted by molar-refractivity contribution is 9.10. The van der Waals surface area contributed by atoms with Crippen LogP contribution in [0.5, 0.6) is 0 Å². The van der Waals surface area contributed by atoms with E-state index in [0.29, 0.717) is 12.1 Å². The molecule has 4 heteroatoms. The van der Waals surface area contributed by atoms with Gasteiger partial charge in [-0.2, -0.15) is 0 Å². The smallest absolute Gasteiger partial charge is 0.252 e. The normalized spacial score (nSPS) is 10.2. The maximum Gasteiger partial charge on any atom is 0.252 e. The van der Waals surface area contributed by atoms with E-state index in [1.807, 2.05) is 43.3 Å². The van der Waals surface area contributed by atoms with Crippen molar-refractivity contribution in [2.75, 3.05) is 6.54 Å². The summed E-state index contributed by atoms with van der Waals surface area (Å²) in [6.45, 7) is 2.57. The average molecular weight is 319 g/mol. The van der Waals surface area contributed by atoms with Crippen LogP contribution in [-0.4, -0.2) is 17.4 Å². The summed E-state index contributed by atoms with van der Waals surface area (Å²) in [7, 11) is 0. The predicted octanol–water partition coefficient (Wildman–Crippen LogP) is 3.13. The van der Waals surface area contributed by atoms with E-state index < -0.39 is 0 Å². The Morgan fingerprint density at radius 1 is 1.32 bits per heavy atom. The Bertz CT molecular complexity index is 570. The summed E-state index contributed by atoms with van der Waals surface area (Å²) >= 11 is 3.41. The summed E-state index contributed by atoms with van der Waals surface area (Å²) in [6, 6.07) is 11.5. The van der Waals surface area contributed by atoms with Gasteiger partial charge in [0.2, 0.25) is 0 Å². The summed E-state index contributed by atoms with van der Waals surface area (Å²) in [5.74, 6) is -0.0668. The molecule has 1 amide bonds. The molecule has 1 aromatic heterocycles. The number of hydrogen-bond acceptors (Lipinski definition) is 2. The number of carbonyl (C=O) groups is 1. The standard InChI is InChI=1S/C15H15BrN2O/c1-11-5-6-13(14(16)10-11)15(19)18-9-7-12-4-2-3-8-17-12/h2-6,8,10H,7,9H2,1H3,(H,18,19). The van der Waals surface area contributed by atoms with E-state index in [1.54, 1.807) is 6.20 Å². The van der Waals surface area contributed by atoms with Crippen molar-refractivity contribution in [3.8, 4) is 0 Å². The van der Waals surface area contributed by atoms with Gasteiger partial charge in [-0.15, -0.1) is 0 Å². The van der Waals surface area contributed by atoms with Crippen molar-refractivity contribution < 1.29 is 4.79 Å². The lowest BCUT2D eigenvalue weighted by atomic mass is 10.1. The molecule has 0 atom stereocenters. The van der Waals surface area contributed by atoms with Gasteiger partial charge in [0.05, 0.1) is 5.56 Å². The second kappa shape index (κ2) is 6.48. The fourth-order valence-corrected chi connectivity index (χ4v) is 2.42. The third kappa shape index (κ3) is 3.89. The monoisotopic (exact) mass is 318 g/mol. The number of carbonyl (C=O) groups excluding carboxylic acids is 1. The highest BCUT2D eigenvalue weighted by atomic mass is 79.9. The topological polar surface area (TPSA) is 42.0 Å². The fraction of sp³-hybridized carbons (Fsp3) is 0.200. The van der Waals surface area contributed by atoms with Gasteiger partial charge in [0.15, 0.2) is 0 Å². The zero-order valence-electron chi connectivity index (χ0n) is 10.7. The van der Waals surface area contributed by atoms with Gasteiger partial charge in [0.1, 0.15) is 0 Å². The zero-order valence-corrected chi connectivity index (χ0v) is 12.3. The van der Waals surface area contributed by atoms with Crippen LogP contribution in [0.4, 0.5) is 0 Å². The molecule has 0 fully saturated rings. The maximum absolute atomic E-state index is 12.0. The molecule has 19 heavy (non-hydrogen) atoms. The Morgan fingerprint density at radius 2 is 2.16 bits per heavy atom. The summed E-state index contributed by atoms with van der Waals surface area (Å²) in [5.41, 5.74) is 2.76. The molecule has 0 bridgehead atoms. The molecule has 0 aliphatic heterocycles. The Kier molecular flexibility index (Phi) is 4.68. The first-order valence-electron chi connectivity index (χ1n) is 6.11. The first-order chi connectivity index (χ1) is 9.16. The number of nitrogens with one attached hydrogen (secondary N) is 1. The molecule has 1 aromatic carbocycles. The van der Waals surface area contributed by atoms with Crippen LogP contribution < -0.4 is 5.32 Å². The lowest BCUT2D eigenvalue weighted by molar-refractivity contribution is 0.0953. The van der Waals surface area contributed by atoms with Gasteiger partial charge in [-0.05, 0) is 52.7 Å². The minimum atomic E-state index is -0.0668. The Hall–Kier alpha value is -1.68. The van der Waals surface area contributed by atoms with Gasteiger partial charge < -0.3 is 5.32 Å². The molecule has 0 spiro atoms. The number of rotatable bonds is 4. The molecule has 2 rings (SSSR count). The average Bonchev–Trinajstić information content (AvgIpc) is 2.39. The molecule has 98 valence electrons. The number of amides is 1. The van der Waals surface area contributed by atoms with Gasteiger partial charge in [0.25, 0.3) is 5.91 Å². The predicted molar refractivity (Wildman–Crippen MR) is 79.2 cm³/mol. The van der Waals surface area contributed by atoms with Crippen LogP contribution >= 0.6 is 15.9 Å². The highest BCUT2D eigenvalue weighted by Crippen LogP contribution is 2.18. The van der Waals surface area contributed by atoms with Crippen molar-refractivity contribution in [1.82, 2.24) is 10.3 Å². The number of pyridine rings is 1. The zero-order chi connectivity index (χ0) is 13.7. The molecular weight excluding hydrogens is 304 g/mol. The first-order valence-corrected chi connectivity index (χ1v) is 6.90. The van der Waals surface area contributed by atoms with Gasteiger partial charge in [-0.3, -0.25) is 9.78 Å². The second-order valence-electron chi connectivity index (χ2n) is 4.31. The largest absolute Gasteiger partial charge is 0.352 e. The molecule has 2 aromatic rings. The summed E-state index contributed by atoms with van der Waals surface area (Å²) in [6.07, 6.45) is 2.49. The van der Waals surface area contributed by atoms with Crippen LogP contribution in [0.25, 0.3) is 0 Å². The van der Waals surface area contributed by atoms with Crippen molar-refractivity contribution in [1.29, 1.82) is 0 Å². The van der Waals surface area contributed by atoms with E-state index in [-0.39, 0.29) is 5.91 Å². The summed E-state index contributed by atoms with van der Waals surface area (Å²) in [5, 5.41) is 2.90. The Labute approximate surface area is 121 Å². The number of hydrogen-bond donors (Lipinski definition) is 1. The number of nitrogens with zero attached hydrogens (tertiary/aromatic N) is 1. The van der Waals surface area contributed by atoms with E-state index in [2.05, 4.69) is 26.2 Å². The molecule has 0 unspecified atom stereocenters. The molecular formula is C15H15BrN2O. The molecule has 0 saturated carbocycles. The SMILES string of the molecule is Cc1ccc(C(=O)NCCc2ccccn2)c(Br)c1. The van der Waals surface area contributed by atoms with Crippen LogP contribution in [0.1, 0.15) is 21.6 Å². The quantitative estimate of drug-likeness (QED) is 0.941. The van der Waals surface area contributed by atoms with E-state index in [1.165, 1.54) is 0 Å². The third-order valence-corrected chi connectivity index (χ3v) is 3.42. The van der Waals surface area contributed by atoms with Crippen molar-refractivity contribution in [3.05, 3.63) is 63.9 Å². The number of aromatic nitrogens is 1. The third-order valence-electron chi connectivity index (χ3n) is 2.76. The maximum atomic E-state index is 12.0. The molecule has 0 aliphatic rings. The van der Waals surface area contributed by atoms with Gasteiger partial charge in [-0.1, -0.05) is 12.1 Å². The number of halogens is 1.